The van der Waals surface area contributed by atoms with Gasteiger partial charge in [-0.15, -0.1) is 0 Å². The van der Waals surface area contributed by atoms with Crippen LogP contribution in [0.25, 0.3) is 11.0 Å². The van der Waals surface area contributed by atoms with Gasteiger partial charge in [0.05, 0.1) is 11.0 Å². The minimum absolute atomic E-state index is 0.797. The van der Waals surface area contributed by atoms with Crippen LogP contribution < -0.4 is 0 Å². The Morgan fingerprint density at radius 1 is 1.41 bits per heavy atom. The Morgan fingerprint density at radius 3 is 2.82 bits per heavy atom. The van der Waals surface area contributed by atoms with E-state index in [1.165, 1.54) is 5.57 Å². The highest BCUT2D eigenvalue weighted by Gasteiger charge is 2.04. The molecule has 88 valence electrons. The first kappa shape index (κ1) is 11.9. The van der Waals surface area contributed by atoms with E-state index in [2.05, 4.69) is 21.7 Å². The van der Waals surface area contributed by atoms with E-state index in [-0.39, 0.29) is 0 Å². The molecule has 1 aromatic carbocycles. The third-order valence-corrected chi connectivity index (χ3v) is 3.37. The highest BCUT2D eigenvalue weighted by atomic mass is 32.2. The molecule has 0 aliphatic heterocycles. The summed E-state index contributed by atoms with van der Waals surface area (Å²) in [5.41, 5.74) is 4.29. The molecule has 2 rings (SSSR count). The van der Waals surface area contributed by atoms with Crippen molar-refractivity contribution >= 4 is 29.5 Å². The van der Waals surface area contributed by atoms with Crippen molar-refractivity contribution in [2.24, 2.45) is 4.99 Å². The number of imidazole rings is 1. The minimum atomic E-state index is 0.797. The first-order valence-electron chi connectivity index (χ1n) is 5.41. The van der Waals surface area contributed by atoms with E-state index >= 15 is 0 Å². The minimum Gasteiger partial charge on any atom is -0.333 e. The molecule has 0 fully saturated rings. The topological polar surface area (TPSA) is 41.0 Å². The van der Waals surface area contributed by atoms with Gasteiger partial charge in [0, 0.05) is 11.4 Å². The van der Waals surface area contributed by atoms with Gasteiger partial charge in [-0.2, -0.15) is 0 Å². The number of hydrogen-bond acceptors (Lipinski definition) is 3. The van der Waals surface area contributed by atoms with Crippen LogP contribution in [-0.2, 0) is 0 Å². The number of allylic oxidation sites excluding steroid dienone is 1. The molecule has 0 bridgehead atoms. The zero-order chi connectivity index (χ0) is 12.3. The Kier molecular flexibility index (Phi) is 3.64. The quantitative estimate of drug-likeness (QED) is 0.660. The number of aromatic nitrogens is 2. The van der Waals surface area contributed by atoms with Crippen molar-refractivity contribution in [3.05, 3.63) is 35.5 Å². The number of nitrogens with one attached hydrogen (secondary N) is 1. The molecule has 0 atom stereocenters. The molecule has 0 spiro atoms. The number of aliphatic imine (C=N–C) groups is 1. The molecule has 0 aliphatic carbocycles. The number of para-hydroxylation sites is 2. The van der Waals surface area contributed by atoms with Crippen molar-refractivity contribution in [3.63, 3.8) is 0 Å². The van der Waals surface area contributed by atoms with Crippen molar-refractivity contribution < 1.29 is 0 Å². The van der Waals surface area contributed by atoms with Gasteiger partial charge in [0.1, 0.15) is 0 Å². The molecule has 3 nitrogen and oxygen atoms in total. The van der Waals surface area contributed by atoms with Crippen LogP contribution in [-0.4, -0.2) is 22.4 Å². The summed E-state index contributed by atoms with van der Waals surface area (Å²) in [5, 5.41) is 0.925. The van der Waals surface area contributed by atoms with E-state index in [0.717, 1.165) is 27.6 Å². The van der Waals surface area contributed by atoms with E-state index in [0.29, 0.717) is 0 Å². The SMILES string of the molecule is C=NC(CSc1nc2ccccc2[nH]1)=C(C)C. The molecular formula is C13H15N3S. The monoisotopic (exact) mass is 245 g/mol. The highest BCUT2D eigenvalue weighted by molar-refractivity contribution is 7.99. The van der Waals surface area contributed by atoms with Crippen molar-refractivity contribution in [2.75, 3.05) is 5.75 Å². The van der Waals surface area contributed by atoms with E-state index < -0.39 is 0 Å². The Balaban J connectivity index is 2.14. The van der Waals surface area contributed by atoms with Gasteiger partial charge in [0.2, 0.25) is 0 Å². The van der Waals surface area contributed by atoms with E-state index in [4.69, 9.17) is 0 Å². The first-order valence-corrected chi connectivity index (χ1v) is 6.40. The fraction of sp³-hybridized carbons (Fsp3) is 0.231. The number of thioether (sulfide) groups is 1. The molecule has 4 heteroatoms. The number of nitrogens with zero attached hydrogens (tertiary/aromatic N) is 2. The molecule has 2 aromatic rings. The molecule has 0 unspecified atom stereocenters. The Morgan fingerprint density at radius 2 is 2.18 bits per heavy atom. The first-order chi connectivity index (χ1) is 8.20. The van der Waals surface area contributed by atoms with Crippen LogP contribution in [0.5, 0.6) is 0 Å². The molecule has 0 saturated heterocycles. The zero-order valence-corrected chi connectivity index (χ0v) is 10.8. The number of rotatable bonds is 4. The average Bonchev–Trinajstić information content (AvgIpc) is 2.71. The van der Waals surface area contributed by atoms with Gasteiger partial charge in [-0.05, 0) is 32.7 Å². The van der Waals surface area contributed by atoms with Gasteiger partial charge in [-0.25, -0.2) is 4.98 Å². The number of fused-ring (bicyclic) bond motifs is 1. The number of H-pyrrole nitrogens is 1. The maximum Gasteiger partial charge on any atom is 0.166 e. The van der Waals surface area contributed by atoms with Crippen molar-refractivity contribution in [1.29, 1.82) is 0 Å². The lowest BCUT2D eigenvalue weighted by Gasteiger charge is -2.01. The number of hydrogen-bond donors (Lipinski definition) is 1. The second-order valence-corrected chi connectivity index (χ2v) is 4.92. The zero-order valence-electron chi connectivity index (χ0n) is 10.0. The molecule has 0 saturated carbocycles. The van der Waals surface area contributed by atoms with Crippen molar-refractivity contribution in [1.82, 2.24) is 9.97 Å². The van der Waals surface area contributed by atoms with Crippen LogP contribution in [0.1, 0.15) is 13.8 Å². The maximum atomic E-state index is 4.50. The van der Waals surface area contributed by atoms with E-state index in [1.807, 2.05) is 38.1 Å². The van der Waals surface area contributed by atoms with Crippen LogP contribution in [0.2, 0.25) is 0 Å². The fourth-order valence-electron chi connectivity index (χ4n) is 1.48. The normalized spacial score (nSPS) is 10.5. The van der Waals surface area contributed by atoms with Gasteiger partial charge in [-0.1, -0.05) is 29.5 Å². The van der Waals surface area contributed by atoms with Crippen LogP contribution in [0.3, 0.4) is 0 Å². The van der Waals surface area contributed by atoms with E-state index in [9.17, 15) is 0 Å². The summed E-state index contributed by atoms with van der Waals surface area (Å²) < 4.78 is 0. The lowest BCUT2D eigenvalue weighted by molar-refractivity contribution is 1.08. The Bertz CT molecular complexity index is 532. The van der Waals surface area contributed by atoms with Crippen molar-refractivity contribution in [2.45, 2.75) is 19.0 Å². The summed E-state index contributed by atoms with van der Waals surface area (Å²) >= 11 is 1.65. The molecule has 1 N–H and O–H groups in total. The predicted molar refractivity (Wildman–Crippen MR) is 74.7 cm³/mol. The molecular weight excluding hydrogens is 230 g/mol. The van der Waals surface area contributed by atoms with Gasteiger partial charge >= 0.3 is 0 Å². The average molecular weight is 245 g/mol. The van der Waals surface area contributed by atoms with E-state index in [1.54, 1.807) is 11.8 Å². The molecule has 0 aliphatic rings. The van der Waals surface area contributed by atoms with Gasteiger partial charge in [0.25, 0.3) is 0 Å². The van der Waals surface area contributed by atoms with Gasteiger partial charge in [0.15, 0.2) is 5.16 Å². The molecule has 1 heterocycles. The molecule has 0 radical (unpaired) electrons. The maximum absolute atomic E-state index is 4.50. The van der Waals surface area contributed by atoms with Crippen molar-refractivity contribution in [3.8, 4) is 0 Å². The largest absolute Gasteiger partial charge is 0.333 e. The summed E-state index contributed by atoms with van der Waals surface area (Å²) in [5.74, 6) is 0.797. The molecule has 1 aromatic heterocycles. The van der Waals surface area contributed by atoms with Crippen LogP contribution >= 0.6 is 11.8 Å². The van der Waals surface area contributed by atoms with Crippen LogP contribution in [0, 0.1) is 0 Å². The summed E-state index contributed by atoms with van der Waals surface area (Å²) in [4.78, 5) is 11.8. The highest BCUT2D eigenvalue weighted by Crippen LogP contribution is 2.22. The molecule has 17 heavy (non-hydrogen) atoms. The van der Waals surface area contributed by atoms with Gasteiger partial charge < -0.3 is 4.98 Å². The van der Waals surface area contributed by atoms with Crippen LogP contribution in [0.4, 0.5) is 0 Å². The van der Waals surface area contributed by atoms with Gasteiger partial charge in [-0.3, -0.25) is 4.99 Å². The summed E-state index contributed by atoms with van der Waals surface area (Å²) in [7, 11) is 0. The number of aromatic amines is 1. The predicted octanol–water partition coefficient (Wildman–Crippen LogP) is 3.65. The molecule has 0 amide bonds. The summed E-state index contributed by atoms with van der Waals surface area (Å²) in [6.07, 6.45) is 0. The standard InChI is InChI=1S/C13H15N3S/c1-9(2)12(14-3)8-17-13-15-10-6-4-5-7-11(10)16-13/h4-7H,3,8H2,1-2H3,(H,15,16). The fourth-order valence-corrected chi connectivity index (χ4v) is 2.48. The number of benzene rings is 1. The second kappa shape index (κ2) is 5.19. The Hall–Kier alpha value is -1.55. The van der Waals surface area contributed by atoms with Crippen LogP contribution in [0.15, 0.2) is 45.7 Å². The smallest absolute Gasteiger partial charge is 0.166 e. The second-order valence-electron chi connectivity index (χ2n) is 3.95. The lowest BCUT2D eigenvalue weighted by Crippen LogP contribution is -1.87. The third kappa shape index (κ3) is 2.77. The third-order valence-electron chi connectivity index (χ3n) is 2.48. The lowest BCUT2D eigenvalue weighted by atomic mass is 10.3. The summed E-state index contributed by atoms with van der Waals surface area (Å²) in [6, 6.07) is 8.02. The Labute approximate surface area is 105 Å². The summed E-state index contributed by atoms with van der Waals surface area (Å²) in [6.45, 7) is 7.68.